The maximum absolute atomic E-state index is 12.1. The molecule has 0 aliphatic carbocycles. The highest BCUT2D eigenvalue weighted by atomic mass is 16.5. The van der Waals surface area contributed by atoms with E-state index in [1.165, 1.54) is 0 Å². The van der Waals surface area contributed by atoms with Crippen LogP contribution in [0.3, 0.4) is 0 Å². The van der Waals surface area contributed by atoms with Crippen molar-refractivity contribution in [2.45, 2.75) is 46.0 Å². The number of ketones is 1. The van der Waals surface area contributed by atoms with E-state index in [9.17, 15) is 19.2 Å². The Morgan fingerprint density at radius 1 is 0.812 bits per heavy atom. The molecule has 1 amide bonds. The quantitative estimate of drug-likeness (QED) is 0.297. The molecule has 32 heavy (non-hydrogen) atoms. The topological polar surface area (TPSA) is 98.8 Å². The molecule has 0 saturated carbocycles. The molecule has 0 saturated heterocycles. The molecule has 0 radical (unpaired) electrons. The molecule has 0 aliphatic rings. The molecule has 1 N–H and O–H groups in total. The molecule has 170 valence electrons. The fourth-order valence-electron chi connectivity index (χ4n) is 2.77. The third-order valence-electron chi connectivity index (χ3n) is 4.68. The minimum absolute atomic E-state index is 0.0845. The number of aryl methyl sites for hydroxylation is 1. The highest BCUT2D eigenvalue weighted by Gasteiger charge is 2.13. The van der Waals surface area contributed by atoms with Crippen LogP contribution in [-0.4, -0.2) is 36.8 Å². The maximum Gasteiger partial charge on any atom is 0.338 e. The van der Waals surface area contributed by atoms with E-state index in [-0.39, 0.29) is 31.1 Å². The molecule has 0 spiro atoms. The monoisotopic (exact) mass is 439 g/mol. The fraction of sp³-hybridized carbons (Fsp3) is 0.360. The lowest BCUT2D eigenvalue weighted by Gasteiger charge is -2.08. The lowest BCUT2D eigenvalue weighted by Crippen LogP contribution is -2.17. The van der Waals surface area contributed by atoms with E-state index in [1.807, 2.05) is 19.1 Å². The van der Waals surface area contributed by atoms with Crippen molar-refractivity contribution >= 4 is 29.3 Å². The number of carbonyl (C=O) groups excluding carboxylic acids is 4. The Labute approximate surface area is 188 Å². The van der Waals surface area contributed by atoms with Crippen LogP contribution in [-0.2, 0) is 19.1 Å². The lowest BCUT2D eigenvalue weighted by atomic mass is 10.1. The van der Waals surface area contributed by atoms with Crippen LogP contribution in [0.15, 0.2) is 48.5 Å². The first-order chi connectivity index (χ1) is 15.4. The number of anilines is 1. The Balaban J connectivity index is 1.69. The van der Waals surface area contributed by atoms with E-state index in [1.54, 1.807) is 36.4 Å². The largest absolute Gasteiger partial charge is 0.462 e. The Bertz CT molecular complexity index is 918. The van der Waals surface area contributed by atoms with Crippen molar-refractivity contribution in [2.24, 2.45) is 0 Å². The summed E-state index contributed by atoms with van der Waals surface area (Å²) in [4.78, 5) is 47.8. The van der Waals surface area contributed by atoms with Crippen molar-refractivity contribution in [3.05, 3.63) is 65.2 Å². The van der Waals surface area contributed by atoms with Crippen LogP contribution in [0.5, 0.6) is 0 Å². The van der Waals surface area contributed by atoms with Gasteiger partial charge in [0.15, 0.2) is 12.4 Å². The van der Waals surface area contributed by atoms with E-state index in [0.717, 1.165) is 24.8 Å². The van der Waals surface area contributed by atoms with Gasteiger partial charge in [-0.1, -0.05) is 49.6 Å². The van der Waals surface area contributed by atoms with Gasteiger partial charge in [0, 0.05) is 17.7 Å². The Morgan fingerprint density at radius 3 is 2.12 bits per heavy atom. The zero-order valence-corrected chi connectivity index (χ0v) is 18.5. The van der Waals surface area contributed by atoms with E-state index in [4.69, 9.17) is 9.47 Å². The molecule has 0 heterocycles. The number of carbonyl (C=O) groups is 4. The Morgan fingerprint density at radius 2 is 1.47 bits per heavy atom. The van der Waals surface area contributed by atoms with Crippen LogP contribution in [0.1, 0.15) is 65.3 Å². The number of amides is 1. The summed E-state index contributed by atoms with van der Waals surface area (Å²) < 4.78 is 10.1. The molecule has 0 aliphatic heterocycles. The molecule has 0 aromatic heterocycles. The first-order valence-corrected chi connectivity index (χ1v) is 10.7. The zero-order chi connectivity index (χ0) is 23.3. The molecular weight excluding hydrogens is 410 g/mol. The third-order valence-corrected chi connectivity index (χ3v) is 4.68. The van der Waals surface area contributed by atoms with E-state index >= 15 is 0 Å². The lowest BCUT2D eigenvalue weighted by molar-refractivity contribution is -0.143. The number of esters is 2. The van der Waals surface area contributed by atoms with E-state index in [0.29, 0.717) is 23.4 Å². The number of rotatable bonds is 12. The standard InChI is InChI=1S/C25H29NO6/c1-3-4-5-16-31-25(30)20-10-12-21(13-11-20)26-23(28)14-15-24(29)32-17-22(27)19-8-6-18(2)7-9-19/h6-13H,3-5,14-17H2,1-2H3,(H,26,28). The van der Waals surface area contributed by atoms with E-state index in [2.05, 4.69) is 12.2 Å². The summed E-state index contributed by atoms with van der Waals surface area (Å²) in [7, 11) is 0. The van der Waals surface area contributed by atoms with Crippen molar-refractivity contribution in [1.82, 2.24) is 0 Å². The van der Waals surface area contributed by atoms with Gasteiger partial charge in [0.25, 0.3) is 0 Å². The average molecular weight is 440 g/mol. The molecule has 0 bridgehead atoms. The first-order valence-electron chi connectivity index (χ1n) is 10.7. The average Bonchev–Trinajstić information content (AvgIpc) is 2.79. The van der Waals surface area contributed by atoms with Gasteiger partial charge in [-0.2, -0.15) is 0 Å². The fourth-order valence-corrected chi connectivity index (χ4v) is 2.77. The third kappa shape index (κ3) is 8.71. The molecule has 0 atom stereocenters. The van der Waals surface area contributed by atoms with Gasteiger partial charge in [-0.25, -0.2) is 4.79 Å². The summed E-state index contributed by atoms with van der Waals surface area (Å²) >= 11 is 0. The van der Waals surface area contributed by atoms with E-state index < -0.39 is 11.9 Å². The number of hydrogen-bond donors (Lipinski definition) is 1. The summed E-state index contributed by atoms with van der Waals surface area (Å²) in [6.07, 6.45) is 2.66. The van der Waals surface area contributed by atoms with Crippen LogP contribution in [0.25, 0.3) is 0 Å². The van der Waals surface area contributed by atoms with Gasteiger partial charge >= 0.3 is 11.9 Å². The highest BCUT2D eigenvalue weighted by Crippen LogP contribution is 2.12. The second-order valence-electron chi connectivity index (χ2n) is 7.42. The second-order valence-corrected chi connectivity index (χ2v) is 7.42. The molecule has 0 unspecified atom stereocenters. The number of Topliss-reactive ketones (excluding diaryl/α,β-unsaturated/α-hetero) is 1. The van der Waals surface area contributed by atoms with Crippen LogP contribution in [0.4, 0.5) is 5.69 Å². The second kappa shape index (κ2) is 13.0. The van der Waals surface area contributed by atoms with Gasteiger partial charge in [-0.15, -0.1) is 0 Å². The van der Waals surface area contributed by atoms with Crippen molar-refractivity contribution < 1.29 is 28.7 Å². The molecule has 2 rings (SSSR count). The van der Waals surface area contributed by atoms with Gasteiger partial charge in [-0.05, 0) is 37.6 Å². The van der Waals surface area contributed by atoms with Crippen molar-refractivity contribution in [3.63, 3.8) is 0 Å². The minimum atomic E-state index is -0.623. The van der Waals surface area contributed by atoms with Gasteiger partial charge in [0.05, 0.1) is 18.6 Å². The molecule has 7 nitrogen and oxygen atoms in total. The summed E-state index contributed by atoms with van der Waals surface area (Å²) in [5.41, 5.74) is 2.40. The number of benzene rings is 2. The van der Waals surface area contributed by atoms with Gasteiger partial charge < -0.3 is 14.8 Å². The maximum atomic E-state index is 12.1. The number of ether oxygens (including phenoxy) is 2. The molecular formula is C25H29NO6. The summed E-state index contributed by atoms with van der Waals surface area (Å²) in [6, 6.07) is 13.3. The first kappa shape index (κ1) is 24.8. The zero-order valence-electron chi connectivity index (χ0n) is 18.5. The SMILES string of the molecule is CCCCCOC(=O)c1ccc(NC(=O)CCC(=O)OCC(=O)c2ccc(C)cc2)cc1. The molecule has 2 aromatic rings. The summed E-state index contributed by atoms with van der Waals surface area (Å²) in [5.74, 6) is -1.70. The molecule has 7 heteroatoms. The van der Waals surface area contributed by atoms with Crippen LogP contribution >= 0.6 is 0 Å². The highest BCUT2D eigenvalue weighted by molar-refractivity contribution is 5.98. The van der Waals surface area contributed by atoms with Crippen LogP contribution in [0.2, 0.25) is 0 Å². The summed E-state index contributed by atoms with van der Waals surface area (Å²) in [6.45, 7) is 4.01. The minimum Gasteiger partial charge on any atom is -0.462 e. The van der Waals surface area contributed by atoms with Crippen LogP contribution < -0.4 is 5.32 Å². The smallest absolute Gasteiger partial charge is 0.338 e. The van der Waals surface area contributed by atoms with Crippen molar-refractivity contribution in [1.29, 1.82) is 0 Å². The number of unbranched alkanes of at least 4 members (excludes halogenated alkanes) is 2. The molecule has 2 aromatic carbocycles. The molecule has 0 fully saturated rings. The summed E-state index contributed by atoms with van der Waals surface area (Å²) in [5, 5.41) is 2.65. The van der Waals surface area contributed by atoms with Crippen molar-refractivity contribution in [2.75, 3.05) is 18.5 Å². The van der Waals surface area contributed by atoms with Gasteiger partial charge in [0.1, 0.15) is 0 Å². The number of nitrogens with one attached hydrogen (secondary N) is 1. The Kier molecular flexibility index (Phi) is 10.1. The van der Waals surface area contributed by atoms with Gasteiger partial charge in [-0.3, -0.25) is 14.4 Å². The number of hydrogen-bond acceptors (Lipinski definition) is 6. The van der Waals surface area contributed by atoms with Crippen molar-refractivity contribution in [3.8, 4) is 0 Å². The predicted molar refractivity (Wildman–Crippen MR) is 121 cm³/mol. The predicted octanol–water partition coefficient (Wildman–Crippen LogP) is 4.49. The Hall–Kier alpha value is -3.48. The van der Waals surface area contributed by atoms with Crippen LogP contribution in [0, 0.1) is 6.92 Å². The normalized spacial score (nSPS) is 10.3. The van der Waals surface area contributed by atoms with Gasteiger partial charge in [0.2, 0.25) is 5.91 Å².